The van der Waals surface area contributed by atoms with Crippen LogP contribution in [-0.2, 0) is 0 Å². The SMILES string of the molecule is CSc1cccc(Oc2ccc(F)cc2F)c1/C(N)=N/O. The fraction of sp³-hybridized carbons (Fsp3) is 0.0714. The number of rotatable bonds is 4. The van der Waals surface area contributed by atoms with Gasteiger partial charge >= 0.3 is 0 Å². The van der Waals surface area contributed by atoms with E-state index in [0.717, 1.165) is 12.1 Å². The van der Waals surface area contributed by atoms with Gasteiger partial charge in [0.05, 0.1) is 5.56 Å². The number of benzene rings is 2. The van der Waals surface area contributed by atoms with Crippen LogP contribution in [0.5, 0.6) is 11.5 Å². The van der Waals surface area contributed by atoms with Gasteiger partial charge in [-0.05, 0) is 30.5 Å². The van der Waals surface area contributed by atoms with Gasteiger partial charge in [0.1, 0.15) is 11.6 Å². The van der Waals surface area contributed by atoms with Crippen molar-refractivity contribution in [3.8, 4) is 11.5 Å². The van der Waals surface area contributed by atoms with Crippen LogP contribution in [-0.4, -0.2) is 17.3 Å². The third kappa shape index (κ3) is 3.25. The Morgan fingerprint density at radius 3 is 2.62 bits per heavy atom. The topological polar surface area (TPSA) is 67.8 Å². The standard InChI is InChI=1S/C14H12F2N2O2S/c1-21-12-4-2-3-11(13(12)14(17)18-19)20-10-6-5-8(15)7-9(10)16/h2-7,19H,1H3,(H2,17,18). The maximum Gasteiger partial charge on any atom is 0.175 e. The van der Waals surface area contributed by atoms with Crippen molar-refractivity contribution in [2.75, 3.05) is 6.26 Å². The van der Waals surface area contributed by atoms with Crippen LogP contribution in [0.2, 0.25) is 0 Å². The Bertz CT molecular complexity index is 693. The third-order valence-corrected chi connectivity index (χ3v) is 3.47. The summed E-state index contributed by atoms with van der Waals surface area (Å²) in [6.07, 6.45) is 1.81. The summed E-state index contributed by atoms with van der Waals surface area (Å²) < 4.78 is 32.0. The van der Waals surface area contributed by atoms with E-state index in [0.29, 0.717) is 10.5 Å². The molecule has 3 N–H and O–H groups in total. The molecular weight excluding hydrogens is 298 g/mol. The predicted octanol–water partition coefficient (Wildman–Crippen LogP) is 3.57. The molecule has 0 aliphatic heterocycles. The van der Waals surface area contributed by atoms with E-state index in [1.165, 1.54) is 17.8 Å². The Balaban J connectivity index is 2.49. The molecule has 0 saturated heterocycles. The maximum atomic E-state index is 13.7. The first kappa shape index (κ1) is 15.1. The van der Waals surface area contributed by atoms with Gasteiger partial charge in [-0.1, -0.05) is 11.2 Å². The molecule has 0 unspecified atom stereocenters. The molecule has 0 aliphatic carbocycles. The normalized spacial score (nSPS) is 11.5. The fourth-order valence-electron chi connectivity index (χ4n) is 1.75. The minimum absolute atomic E-state index is 0.151. The Hall–Kier alpha value is -2.28. The molecule has 21 heavy (non-hydrogen) atoms. The molecule has 0 atom stereocenters. The maximum absolute atomic E-state index is 13.7. The van der Waals surface area contributed by atoms with Gasteiger partial charge in [-0.2, -0.15) is 0 Å². The minimum atomic E-state index is -0.838. The molecular formula is C14H12F2N2O2S. The number of oxime groups is 1. The van der Waals surface area contributed by atoms with Gasteiger partial charge in [0.2, 0.25) is 0 Å². The van der Waals surface area contributed by atoms with Crippen molar-refractivity contribution >= 4 is 17.6 Å². The monoisotopic (exact) mass is 310 g/mol. The minimum Gasteiger partial charge on any atom is -0.453 e. The summed E-state index contributed by atoms with van der Waals surface area (Å²) in [5, 5.41) is 11.8. The van der Waals surface area contributed by atoms with Gasteiger partial charge in [0.15, 0.2) is 17.4 Å². The first-order valence-electron chi connectivity index (χ1n) is 5.84. The molecule has 2 aromatic rings. The average molecular weight is 310 g/mol. The number of hydrogen-bond acceptors (Lipinski definition) is 4. The smallest absolute Gasteiger partial charge is 0.175 e. The van der Waals surface area contributed by atoms with E-state index < -0.39 is 11.6 Å². The van der Waals surface area contributed by atoms with Crippen molar-refractivity contribution in [3.05, 3.63) is 53.6 Å². The van der Waals surface area contributed by atoms with Crippen molar-refractivity contribution in [2.24, 2.45) is 10.9 Å². The van der Waals surface area contributed by atoms with Crippen molar-refractivity contribution in [1.82, 2.24) is 0 Å². The highest BCUT2D eigenvalue weighted by Gasteiger charge is 2.16. The summed E-state index contributed by atoms with van der Waals surface area (Å²) in [6.45, 7) is 0. The molecule has 0 bridgehead atoms. The van der Waals surface area contributed by atoms with Crippen LogP contribution >= 0.6 is 11.8 Å². The van der Waals surface area contributed by atoms with E-state index in [-0.39, 0.29) is 17.3 Å². The predicted molar refractivity (Wildman–Crippen MR) is 77.2 cm³/mol. The van der Waals surface area contributed by atoms with Crippen LogP contribution in [0.3, 0.4) is 0 Å². The van der Waals surface area contributed by atoms with Crippen molar-refractivity contribution in [1.29, 1.82) is 0 Å². The molecule has 0 heterocycles. The Morgan fingerprint density at radius 2 is 2.00 bits per heavy atom. The van der Waals surface area contributed by atoms with Gasteiger partial charge in [-0.3, -0.25) is 0 Å². The Labute approximate surface area is 124 Å². The average Bonchev–Trinajstić information content (AvgIpc) is 2.49. The Morgan fingerprint density at radius 1 is 1.24 bits per heavy atom. The second-order valence-corrected chi connectivity index (χ2v) is 4.84. The van der Waals surface area contributed by atoms with Crippen molar-refractivity contribution in [2.45, 2.75) is 4.90 Å². The van der Waals surface area contributed by atoms with Crippen LogP contribution in [0.25, 0.3) is 0 Å². The second kappa shape index (κ2) is 6.45. The summed E-state index contributed by atoms with van der Waals surface area (Å²) in [5.41, 5.74) is 5.98. The number of thioether (sulfide) groups is 1. The molecule has 0 radical (unpaired) electrons. The van der Waals surface area contributed by atoms with Crippen molar-refractivity contribution < 1.29 is 18.7 Å². The van der Waals surface area contributed by atoms with Crippen LogP contribution in [0.4, 0.5) is 8.78 Å². The van der Waals surface area contributed by atoms with E-state index >= 15 is 0 Å². The van der Waals surface area contributed by atoms with E-state index in [9.17, 15) is 8.78 Å². The lowest BCUT2D eigenvalue weighted by molar-refractivity contribution is 0.318. The zero-order valence-corrected chi connectivity index (χ0v) is 11.8. The molecule has 0 aliphatic rings. The number of nitrogens with two attached hydrogens (primary N) is 1. The molecule has 110 valence electrons. The fourth-order valence-corrected chi connectivity index (χ4v) is 2.37. The van der Waals surface area contributed by atoms with Crippen LogP contribution in [0.15, 0.2) is 46.4 Å². The first-order valence-corrected chi connectivity index (χ1v) is 7.07. The van der Waals surface area contributed by atoms with Crippen LogP contribution in [0.1, 0.15) is 5.56 Å². The lowest BCUT2D eigenvalue weighted by Crippen LogP contribution is -2.15. The molecule has 0 spiro atoms. The summed E-state index contributed by atoms with van der Waals surface area (Å²) >= 11 is 1.36. The quantitative estimate of drug-likeness (QED) is 0.298. The number of amidine groups is 1. The van der Waals surface area contributed by atoms with E-state index in [1.54, 1.807) is 18.2 Å². The zero-order valence-electron chi connectivity index (χ0n) is 11.0. The summed E-state index contributed by atoms with van der Waals surface area (Å²) in [4.78, 5) is 0.699. The van der Waals surface area contributed by atoms with Gasteiger partial charge in [0, 0.05) is 11.0 Å². The largest absolute Gasteiger partial charge is 0.453 e. The highest BCUT2D eigenvalue weighted by molar-refractivity contribution is 7.98. The number of hydrogen-bond donors (Lipinski definition) is 2. The molecule has 4 nitrogen and oxygen atoms in total. The highest BCUT2D eigenvalue weighted by atomic mass is 32.2. The number of nitrogens with zero attached hydrogens (tertiary/aromatic N) is 1. The number of halogens is 2. The van der Waals surface area contributed by atoms with Gasteiger partial charge < -0.3 is 15.7 Å². The second-order valence-electron chi connectivity index (χ2n) is 4.00. The van der Waals surface area contributed by atoms with E-state index in [2.05, 4.69) is 5.16 Å². The molecule has 2 rings (SSSR count). The molecule has 7 heteroatoms. The molecule has 0 fully saturated rings. The molecule has 2 aromatic carbocycles. The molecule has 0 aromatic heterocycles. The Kier molecular flexibility index (Phi) is 4.64. The van der Waals surface area contributed by atoms with Crippen molar-refractivity contribution in [3.63, 3.8) is 0 Å². The van der Waals surface area contributed by atoms with Crippen LogP contribution in [0, 0.1) is 11.6 Å². The van der Waals surface area contributed by atoms with Gasteiger partial charge in [0.25, 0.3) is 0 Å². The van der Waals surface area contributed by atoms with Gasteiger partial charge in [-0.25, -0.2) is 8.78 Å². The lowest BCUT2D eigenvalue weighted by Gasteiger charge is -2.13. The molecule has 0 amide bonds. The van der Waals surface area contributed by atoms with E-state index in [4.69, 9.17) is 15.7 Å². The third-order valence-electron chi connectivity index (χ3n) is 2.69. The number of ether oxygens (including phenoxy) is 1. The van der Waals surface area contributed by atoms with Gasteiger partial charge in [-0.15, -0.1) is 11.8 Å². The summed E-state index contributed by atoms with van der Waals surface area (Å²) in [5.74, 6) is -1.63. The first-order chi connectivity index (χ1) is 10.1. The highest BCUT2D eigenvalue weighted by Crippen LogP contribution is 2.33. The van der Waals surface area contributed by atoms with E-state index in [1.807, 2.05) is 6.26 Å². The lowest BCUT2D eigenvalue weighted by atomic mass is 10.2. The molecule has 0 saturated carbocycles. The summed E-state index contributed by atoms with van der Waals surface area (Å²) in [7, 11) is 0. The summed E-state index contributed by atoms with van der Waals surface area (Å²) in [6, 6.07) is 7.97. The zero-order chi connectivity index (χ0) is 15.4. The van der Waals surface area contributed by atoms with Crippen LogP contribution < -0.4 is 10.5 Å².